The van der Waals surface area contributed by atoms with Gasteiger partial charge in [-0.05, 0) is 19.1 Å². The minimum Gasteiger partial charge on any atom is -0.507 e. The van der Waals surface area contributed by atoms with E-state index in [0.29, 0.717) is 5.56 Å². The summed E-state index contributed by atoms with van der Waals surface area (Å²) in [5.41, 5.74) is 2.77. The van der Waals surface area contributed by atoms with Crippen molar-refractivity contribution in [2.45, 2.75) is 13.0 Å². The molecule has 1 aliphatic heterocycles. The van der Waals surface area contributed by atoms with Gasteiger partial charge in [-0.2, -0.15) is 5.10 Å². The van der Waals surface area contributed by atoms with Crippen LogP contribution in [0.4, 0.5) is 0 Å². The normalized spacial score (nSPS) is 14.9. The number of nitrogens with zero attached hydrogens (tertiary/aromatic N) is 2. The van der Waals surface area contributed by atoms with E-state index in [1.54, 1.807) is 25.1 Å². The topological polar surface area (TPSA) is 129 Å². The van der Waals surface area contributed by atoms with Gasteiger partial charge in [-0.15, -0.1) is 0 Å². The molecule has 0 saturated heterocycles. The Kier molecular flexibility index (Phi) is 6.70. The number of aromatic hydroxyl groups is 1. The highest BCUT2D eigenvalue weighted by Crippen LogP contribution is 2.15. The summed E-state index contributed by atoms with van der Waals surface area (Å²) in [7, 11) is 0. The molecule has 27 heavy (non-hydrogen) atoms. The number of carboxylic acid groups (broad SMARTS) is 1. The van der Waals surface area contributed by atoms with Crippen LogP contribution >= 0.6 is 0 Å². The predicted octanol–water partition coefficient (Wildman–Crippen LogP) is 0.818. The van der Waals surface area contributed by atoms with Crippen molar-refractivity contribution >= 4 is 24.1 Å². The molecule has 1 atom stereocenters. The number of rotatable bonds is 7. The molecule has 0 saturated carbocycles. The van der Waals surface area contributed by atoms with Crippen molar-refractivity contribution in [3.63, 3.8) is 0 Å². The third-order valence-corrected chi connectivity index (χ3v) is 3.59. The lowest BCUT2D eigenvalue weighted by atomic mass is 10.1. The summed E-state index contributed by atoms with van der Waals surface area (Å²) in [5.74, 6) is -3.38. The molecule has 0 fully saturated rings. The van der Waals surface area contributed by atoms with Crippen LogP contribution in [0.2, 0.25) is 0 Å². The van der Waals surface area contributed by atoms with Gasteiger partial charge in [0.05, 0.1) is 18.7 Å². The van der Waals surface area contributed by atoms with Crippen LogP contribution in [0.15, 0.2) is 53.9 Å². The molecule has 0 aromatic heterocycles. The molecule has 0 radical (unpaired) electrons. The number of carboxylic acids is 1. The SMILES string of the molecule is CCOC(=O)C(C(=O)O)N1C=CC(C(=O)N/N=C/c2ccccc2O)C=C1. The summed E-state index contributed by atoms with van der Waals surface area (Å²) < 4.78 is 4.75. The van der Waals surface area contributed by atoms with Gasteiger partial charge in [0.15, 0.2) is 0 Å². The van der Waals surface area contributed by atoms with E-state index in [-0.39, 0.29) is 12.4 Å². The second-order valence-corrected chi connectivity index (χ2v) is 5.44. The maximum atomic E-state index is 12.1. The Morgan fingerprint density at radius 1 is 1.30 bits per heavy atom. The summed E-state index contributed by atoms with van der Waals surface area (Å²) in [6, 6.07) is 4.97. The minimum absolute atomic E-state index is 0.0299. The minimum atomic E-state index is -1.53. The smallest absolute Gasteiger partial charge is 0.340 e. The first-order chi connectivity index (χ1) is 12.9. The Labute approximate surface area is 155 Å². The number of hydrazone groups is 1. The van der Waals surface area contributed by atoms with Crippen LogP contribution < -0.4 is 5.43 Å². The van der Waals surface area contributed by atoms with Crippen LogP contribution in [0, 0.1) is 5.92 Å². The molecular formula is C18H19N3O6. The number of hydrogen-bond donors (Lipinski definition) is 3. The number of amides is 1. The van der Waals surface area contributed by atoms with Crippen molar-refractivity contribution in [1.29, 1.82) is 0 Å². The quantitative estimate of drug-likeness (QED) is 0.279. The van der Waals surface area contributed by atoms with E-state index in [0.717, 1.165) is 4.90 Å². The fourth-order valence-corrected chi connectivity index (χ4v) is 2.25. The zero-order valence-corrected chi connectivity index (χ0v) is 14.5. The van der Waals surface area contributed by atoms with Gasteiger partial charge in [-0.3, -0.25) is 4.79 Å². The fourth-order valence-electron chi connectivity index (χ4n) is 2.25. The number of carbonyl (C=O) groups excluding carboxylic acids is 2. The van der Waals surface area contributed by atoms with Crippen molar-refractivity contribution in [1.82, 2.24) is 10.3 Å². The van der Waals surface area contributed by atoms with Crippen LogP contribution in [-0.4, -0.2) is 51.8 Å². The lowest BCUT2D eigenvalue weighted by Gasteiger charge is -2.25. The Morgan fingerprint density at radius 2 is 1.96 bits per heavy atom. The number of hydrogen-bond acceptors (Lipinski definition) is 7. The molecule has 0 bridgehead atoms. The molecule has 9 nitrogen and oxygen atoms in total. The molecule has 0 aliphatic carbocycles. The molecule has 1 heterocycles. The lowest BCUT2D eigenvalue weighted by Crippen LogP contribution is -2.43. The van der Waals surface area contributed by atoms with E-state index < -0.39 is 29.8 Å². The number of aliphatic carboxylic acids is 1. The van der Waals surface area contributed by atoms with Gasteiger partial charge in [-0.1, -0.05) is 24.3 Å². The number of ether oxygens (including phenoxy) is 1. The molecule has 9 heteroatoms. The average Bonchev–Trinajstić information content (AvgIpc) is 2.64. The van der Waals surface area contributed by atoms with E-state index in [1.807, 2.05) is 0 Å². The van der Waals surface area contributed by atoms with Crippen molar-refractivity contribution in [2.75, 3.05) is 6.61 Å². The van der Waals surface area contributed by atoms with Gasteiger partial charge in [0.2, 0.25) is 6.04 Å². The number of nitrogens with one attached hydrogen (secondary N) is 1. The molecule has 1 aromatic rings. The number of esters is 1. The zero-order chi connectivity index (χ0) is 19.8. The zero-order valence-electron chi connectivity index (χ0n) is 14.5. The summed E-state index contributed by atoms with van der Waals surface area (Å²) in [4.78, 5) is 36.3. The molecular weight excluding hydrogens is 354 g/mol. The molecule has 1 aliphatic rings. The van der Waals surface area contributed by atoms with Crippen molar-refractivity contribution in [3.05, 3.63) is 54.4 Å². The Hall–Kier alpha value is -3.62. The first-order valence-corrected chi connectivity index (χ1v) is 8.08. The number of para-hydroxylation sites is 1. The highest BCUT2D eigenvalue weighted by Gasteiger charge is 2.33. The van der Waals surface area contributed by atoms with E-state index in [1.165, 1.54) is 36.8 Å². The van der Waals surface area contributed by atoms with Gasteiger partial charge in [0.25, 0.3) is 5.91 Å². The summed E-state index contributed by atoms with van der Waals surface area (Å²) >= 11 is 0. The Morgan fingerprint density at radius 3 is 2.56 bits per heavy atom. The van der Waals surface area contributed by atoms with Gasteiger partial charge in [-0.25, -0.2) is 15.0 Å². The van der Waals surface area contributed by atoms with Crippen LogP contribution in [0.3, 0.4) is 0 Å². The Bertz CT molecular complexity index is 788. The monoisotopic (exact) mass is 373 g/mol. The number of carbonyl (C=O) groups is 3. The largest absolute Gasteiger partial charge is 0.507 e. The molecule has 1 unspecified atom stereocenters. The summed E-state index contributed by atoms with van der Waals surface area (Å²) in [6.07, 6.45) is 6.82. The fraction of sp³-hybridized carbons (Fsp3) is 0.222. The third-order valence-electron chi connectivity index (χ3n) is 3.59. The predicted molar refractivity (Wildman–Crippen MR) is 95.5 cm³/mol. The standard InChI is InChI=1S/C18H19N3O6/c1-2-27-18(26)15(17(24)25)21-9-7-12(8-10-21)16(23)20-19-11-13-5-3-4-6-14(13)22/h3-12,15,22H,2H2,1H3,(H,20,23)(H,24,25)/b19-11+. The number of phenolic OH excluding ortho intramolecular Hbond substituents is 1. The van der Waals surface area contributed by atoms with E-state index in [4.69, 9.17) is 4.74 Å². The molecule has 1 aromatic carbocycles. The van der Waals surface area contributed by atoms with Gasteiger partial charge in [0.1, 0.15) is 5.75 Å². The Balaban J connectivity index is 1.96. The second-order valence-electron chi connectivity index (χ2n) is 5.44. The number of benzene rings is 1. The summed E-state index contributed by atoms with van der Waals surface area (Å²) in [6.45, 7) is 1.64. The molecule has 2 rings (SSSR count). The van der Waals surface area contributed by atoms with Crippen LogP contribution in [-0.2, 0) is 19.1 Å². The van der Waals surface area contributed by atoms with E-state index in [9.17, 15) is 24.6 Å². The van der Waals surface area contributed by atoms with Gasteiger partial charge in [0, 0.05) is 18.0 Å². The molecule has 0 spiro atoms. The van der Waals surface area contributed by atoms with Crippen molar-refractivity contribution in [3.8, 4) is 5.75 Å². The van der Waals surface area contributed by atoms with Crippen molar-refractivity contribution in [2.24, 2.45) is 11.0 Å². The van der Waals surface area contributed by atoms with E-state index in [2.05, 4.69) is 10.5 Å². The second kappa shape index (κ2) is 9.18. The molecule has 3 N–H and O–H groups in total. The first kappa shape index (κ1) is 19.7. The third kappa shape index (κ3) is 5.18. The maximum absolute atomic E-state index is 12.1. The average molecular weight is 373 g/mol. The van der Waals surface area contributed by atoms with Crippen molar-refractivity contribution < 1.29 is 29.3 Å². The van der Waals surface area contributed by atoms with E-state index >= 15 is 0 Å². The van der Waals surface area contributed by atoms with Gasteiger partial charge < -0.3 is 19.8 Å². The molecule has 1 amide bonds. The van der Waals surface area contributed by atoms with Crippen LogP contribution in [0.1, 0.15) is 12.5 Å². The highest BCUT2D eigenvalue weighted by atomic mass is 16.5. The van der Waals surface area contributed by atoms with Gasteiger partial charge >= 0.3 is 11.9 Å². The first-order valence-electron chi connectivity index (χ1n) is 8.08. The molecule has 142 valence electrons. The number of phenols is 1. The summed E-state index contributed by atoms with van der Waals surface area (Å²) in [5, 5.41) is 22.6. The van der Waals surface area contributed by atoms with Crippen LogP contribution in [0.25, 0.3) is 0 Å². The highest BCUT2D eigenvalue weighted by molar-refractivity contribution is 5.98. The maximum Gasteiger partial charge on any atom is 0.340 e. The lowest BCUT2D eigenvalue weighted by molar-refractivity contribution is -0.157. The van der Waals surface area contributed by atoms with Crippen LogP contribution in [0.5, 0.6) is 5.75 Å².